The molecule has 0 aromatic rings. The summed E-state index contributed by atoms with van der Waals surface area (Å²) in [7, 11) is 0. The highest BCUT2D eigenvalue weighted by atomic mass is 16.4. The number of carbonyl (C=O) groups excluding carboxylic acids is 2. The molecule has 138 valence electrons. The number of rotatable bonds is 7. The molecule has 1 unspecified atom stereocenters. The SMILES string of the molecule is CC[C@H](CC(=O)O)C(=O)NC(C(=O)NC1CCCCC1)C(C)(C)C. The summed E-state index contributed by atoms with van der Waals surface area (Å²) in [5.74, 6) is -2.16. The van der Waals surface area contributed by atoms with Gasteiger partial charge in [-0.2, -0.15) is 0 Å². The zero-order valence-corrected chi connectivity index (χ0v) is 15.4. The van der Waals surface area contributed by atoms with Crippen molar-refractivity contribution in [1.82, 2.24) is 10.6 Å². The number of nitrogens with one attached hydrogen (secondary N) is 2. The minimum atomic E-state index is -1.00. The van der Waals surface area contributed by atoms with Crippen molar-refractivity contribution in [1.29, 1.82) is 0 Å². The topological polar surface area (TPSA) is 95.5 Å². The number of carboxylic acids is 1. The molecule has 0 aliphatic heterocycles. The summed E-state index contributed by atoms with van der Waals surface area (Å²) in [5, 5.41) is 14.8. The molecule has 24 heavy (non-hydrogen) atoms. The van der Waals surface area contributed by atoms with Gasteiger partial charge in [0.2, 0.25) is 11.8 Å². The molecule has 1 aliphatic rings. The Kier molecular flexibility index (Phi) is 7.70. The van der Waals surface area contributed by atoms with E-state index in [1.165, 1.54) is 6.42 Å². The van der Waals surface area contributed by atoms with E-state index < -0.39 is 23.3 Å². The summed E-state index contributed by atoms with van der Waals surface area (Å²) in [6, 6.07) is -0.497. The lowest BCUT2D eigenvalue weighted by molar-refractivity contribution is -0.142. The van der Waals surface area contributed by atoms with Crippen LogP contribution in [0, 0.1) is 11.3 Å². The van der Waals surface area contributed by atoms with Crippen LogP contribution in [-0.4, -0.2) is 35.0 Å². The highest BCUT2D eigenvalue weighted by molar-refractivity contribution is 5.90. The van der Waals surface area contributed by atoms with Gasteiger partial charge in [0.15, 0.2) is 0 Å². The summed E-state index contributed by atoms with van der Waals surface area (Å²) in [6.07, 6.45) is 5.62. The third-order valence-corrected chi connectivity index (χ3v) is 4.65. The summed E-state index contributed by atoms with van der Waals surface area (Å²) in [6.45, 7) is 7.48. The highest BCUT2D eigenvalue weighted by Gasteiger charge is 2.35. The van der Waals surface area contributed by atoms with E-state index in [4.69, 9.17) is 5.11 Å². The van der Waals surface area contributed by atoms with Crippen molar-refractivity contribution in [3.63, 3.8) is 0 Å². The molecule has 1 rings (SSSR count). The summed E-state index contributed by atoms with van der Waals surface area (Å²) < 4.78 is 0. The van der Waals surface area contributed by atoms with Crippen LogP contribution in [0.4, 0.5) is 0 Å². The first kappa shape index (κ1) is 20.5. The van der Waals surface area contributed by atoms with Crippen molar-refractivity contribution in [2.24, 2.45) is 11.3 Å². The number of carbonyl (C=O) groups is 3. The van der Waals surface area contributed by atoms with Crippen molar-refractivity contribution in [2.75, 3.05) is 0 Å². The van der Waals surface area contributed by atoms with Gasteiger partial charge in [0.05, 0.1) is 6.42 Å². The van der Waals surface area contributed by atoms with Gasteiger partial charge < -0.3 is 15.7 Å². The average Bonchev–Trinajstić information content (AvgIpc) is 2.49. The van der Waals surface area contributed by atoms with Crippen molar-refractivity contribution in [3.8, 4) is 0 Å². The van der Waals surface area contributed by atoms with Crippen LogP contribution in [0.2, 0.25) is 0 Å². The second kappa shape index (κ2) is 9.04. The lowest BCUT2D eigenvalue weighted by atomic mass is 9.84. The Labute approximate surface area is 144 Å². The molecule has 6 heteroatoms. The predicted octanol–water partition coefficient (Wildman–Crippen LogP) is 2.47. The van der Waals surface area contributed by atoms with E-state index in [1.54, 1.807) is 6.92 Å². The predicted molar refractivity (Wildman–Crippen MR) is 92.4 cm³/mol. The van der Waals surface area contributed by atoms with Crippen molar-refractivity contribution in [3.05, 3.63) is 0 Å². The second-order valence-corrected chi connectivity index (χ2v) is 7.85. The minimum absolute atomic E-state index is 0.173. The molecule has 2 atom stereocenters. The van der Waals surface area contributed by atoms with Crippen LogP contribution in [0.15, 0.2) is 0 Å². The normalized spacial score (nSPS) is 18.5. The molecule has 0 saturated heterocycles. The van der Waals surface area contributed by atoms with Gasteiger partial charge in [-0.3, -0.25) is 14.4 Å². The fourth-order valence-electron chi connectivity index (χ4n) is 3.10. The fraction of sp³-hybridized carbons (Fsp3) is 0.833. The fourth-order valence-corrected chi connectivity index (χ4v) is 3.10. The molecule has 0 spiro atoms. The Morgan fingerprint density at radius 3 is 2.12 bits per heavy atom. The molecule has 1 fully saturated rings. The standard InChI is InChI=1S/C18H32N2O4/c1-5-12(11-14(21)22)16(23)20-15(18(2,3)4)17(24)19-13-9-7-6-8-10-13/h12-13,15H,5-11H2,1-4H3,(H,19,24)(H,20,23)(H,21,22)/t12-,15?/m1/s1. The summed E-state index contributed by atoms with van der Waals surface area (Å²) >= 11 is 0. The van der Waals surface area contributed by atoms with Crippen molar-refractivity contribution < 1.29 is 19.5 Å². The zero-order chi connectivity index (χ0) is 18.3. The molecule has 0 aromatic heterocycles. The number of amides is 2. The van der Waals surface area contributed by atoms with Crippen LogP contribution in [0.25, 0.3) is 0 Å². The van der Waals surface area contributed by atoms with E-state index in [-0.39, 0.29) is 24.3 Å². The first-order valence-electron chi connectivity index (χ1n) is 8.97. The van der Waals surface area contributed by atoms with Crippen molar-refractivity contribution in [2.45, 2.75) is 84.7 Å². The molecule has 6 nitrogen and oxygen atoms in total. The van der Waals surface area contributed by atoms with Crippen LogP contribution in [0.5, 0.6) is 0 Å². The maximum absolute atomic E-state index is 12.7. The monoisotopic (exact) mass is 340 g/mol. The Bertz CT molecular complexity index is 450. The Morgan fingerprint density at radius 1 is 1.08 bits per heavy atom. The lowest BCUT2D eigenvalue weighted by Crippen LogP contribution is -2.56. The molecule has 2 amide bonds. The van der Waals surface area contributed by atoms with Gasteiger partial charge in [-0.05, 0) is 24.7 Å². The van der Waals surface area contributed by atoms with E-state index in [9.17, 15) is 14.4 Å². The first-order chi connectivity index (χ1) is 11.1. The third-order valence-electron chi connectivity index (χ3n) is 4.65. The highest BCUT2D eigenvalue weighted by Crippen LogP contribution is 2.23. The molecule has 3 N–H and O–H groups in total. The molecule has 1 aliphatic carbocycles. The van der Waals surface area contributed by atoms with E-state index in [0.717, 1.165) is 25.7 Å². The molecule has 0 bridgehead atoms. The Hall–Kier alpha value is -1.59. The number of carboxylic acid groups (broad SMARTS) is 1. The Morgan fingerprint density at radius 2 is 1.67 bits per heavy atom. The number of hydrogen-bond acceptors (Lipinski definition) is 3. The molecule has 0 aromatic carbocycles. The van der Waals surface area contributed by atoms with Crippen LogP contribution >= 0.6 is 0 Å². The molecular weight excluding hydrogens is 308 g/mol. The third kappa shape index (κ3) is 6.49. The maximum Gasteiger partial charge on any atom is 0.304 e. The molecule has 0 radical (unpaired) electrons. The van der Waals surface area contributed by atoms with E-state index in [0.29, 0.717) is 6.42 Å². The quantitative estimate of drug-likeness (QED) is 0.663. The second-order valence-electron chi connectivity index (χ2n) is 7.85. The van der Waals surface area contributed by atoms with Crippen molar-refractivity contribution >= 4 is 17.8 Å². The lowest BCUT2D eigenvalue weighted by Gasteiger charge is -2.33. The van der Waals surface area contributed by atoms with Gasteiger partial charge in [-0.1, -0.05) is 47.0 Å². The number of hydrogen-bond donors (Lipinski definition) is 3. The van der Waals surface area contributed by atoms with E-state index in [1.807, 2.05) is 20.8 Å². The maximum atomic E-state index is 12.7. The van der Waals surface area contributed by atoms with E-state index in [2.05, 4.69) is 10.6 Å². The number of aliphatic carboxylic acids is 1. The van der Waals surface area contributed by atoms with Gasteiger partial charge in [0, 0.05) is 12.0 Å². The van der Waals surface area contributed by atoms with Crippen LogP contribution in [0.1, 0.15) is 72.6 Å². The molecule has 1 saturated carbocycles. The van der Waals surface area contributed by atoms with E-state index >= 15 is 0 Å². The molecule has 0 heterocycles. The Balaban J connectivity index is 2.75. The van der Waals surface area contributed by atoms with Gasteiger partial charge in [0.25, 0.3) is 0 Å². The zero-order valence-electron chi connectivity index (χ0n) is 15.4. The average molecular weight is 340 g/mol. The largest absolute Gasteiger partial charge is 0.481 e. The first-order valence-corrected chi connectivity index (χ1v) is 8.97. The van der Waals surface area contributed by atoms with Crippen LogP contribution in [0.3, 0.4) is 0 Å². The smallest absolute Gasteiger partial charge is 0.304 e. The van der Waals surface area contributed by atoms with Crippen LogP contribution in [-0.2, 0) is 14.4 Å². The van der Waals surface area contributed by atoms with Gasteiger partial charge in [-0.15, -0.1) is 0 Å². The van der Waals surface area contributed by atoms with Crippen LogP contribution < -0.4 is 10.6 Å². The van der Waals surface area contributed by atoms with Gasteiger partial charge >= 0.3 is 5.97 Å². The summed E-state index contributed by atoms with van der Waals surface area (Å²) in [5.41, 5.74) is -0.448. The summed E-state index contributed by atoms with van der Waals surface area (Å²) in [4.78, 5) is 36.0. The minimum Gasteiger partial charge on any atom is -0.481 e. The van der Waals surface area contributed by atoms with Gasteiger partial charge in [-0.25, -0.2) is 0 Å². The van der Waals surface area contributed by atoms with Gasteiger partial charge in [0.1, 0.15) is 6.04 Å². The molecular formula is C18H32N2O4.